The molecular weight excluding hydrogens is 304 g/mol. The summed E-state index contributed by atoms with van der Waals surface area (Å²) >= 11 is 0. The van der Waals surface area contributed by atoms with Gasteiger partial charge in [-0.3, -0.25) is 0 Å². The number of sulfonamides is 1. The molecule has 2 rings (SSSR count). The molecule has 0 amide bonds. The van der Waals surface area contributed by atoms with Crippen LogP contribution in [0.2, 0.25) is 0 Å². The van der Waals surface area contributed by atoms with Crippen molar-refractivity contribution in [1.82, 2.24) is 14.3 Å². The Balaban J connectivity index is 2.13. The zero-order valence-corrected chi connectivity index (χ0v) is 14.2. The molecule has 0 spiro atoms. The van der Waals surface area contributed by atoms with Gasteiger partial charge in [-0.1, -0.05) is 0 Å². The number of hydrogen-bond acceptors (Lipinski definition) is 6. The predicted molar refractivity (Wildman–Crippen MR) is 85.5 cm³/mol. The van der Waals surface area contributed by atoms with Crippen LogP contribution in [-0.2, 0) is 14.8 Å². The molecule has 1 aromatic rings. The third-order valence-corrected chi connectivity index (χ3v) is 4.97. The zero-order chi connectivity index (χ0) is 16.2. The Labute approximate surface area is 132 Å². The van der Waals surface area contributed by atoms with E-state index in [1.807, 2.05) is 13.0 Å². The van der Waals surface area contributed by atoms with Gasteiger partial charge in [-0.25, -0.2) is 22.7 Å². The summed E-state index contributed by atoms with van der Waals surface area (Å²) in [7, 11) is -1.51. The van der Waals surface area contributed by atoms with Crippen LogP contribution < -0.4 is 5.32 Å². The summed E-state index contributed by atoms with van der Waals surface area (Å²) in [4.78, 5) is 9.04. The number of nitrogens with zero attached hydrogens (tertiary/aromatic N) is 3. The molecule has 8 heteroatoms. The van der Waals surface area contributed by atoms with Crippen molar-refractivity contribution in [3.05, 3.63) is 17.6 Å². The SMILES string of the molecule is COCCNc1cc(C)nc([C@H]2CCCN(S(C)(=O)=O)C2)n1. The van der Waals surface area contributed by atoms with Crippen LogP contribution in [-0.4, -0.2) is 62.3 Å². The van der Waals surface area contributed by atoms with Gasteiger partial charge in [0.05, 0.1) is 12.9 Å². The van der Waals surface area contributed by atoms with Crippen molar-refractivity contribution in [3.63, 3.8) is 0 Å². The lowest BCUT2D eigenvalue weighted by Gasteiger charge is -2.30. The molecule has 22 heavy (non-hydrogen) atoms. The lowest BCUT2D eigenvalue weighted by Crippen LogP contribution is -2.38. The van der Waals surface area contributed by atoms with Gasteiger partial charge in [0, 0.05) is 44.4 Å². The van der Waals surface area contributed by atoms with E-state index < -0.39 is 10.0 Å². The van der Waals surface area contributed by atoms with Gasteiger partial charge in [-0.2, -0.15) is 0 Å². The molecule has 1 saturated heterocycles. The third-order valence-electron chi connectivity index (χ3n) is 3.70. The molecular formula is C14H24N4O3S. The molecule has 0 aliphatic carbocycles. The first kappa shape index (κ1) is 17.1. The van der Waals surface area contributed by atoms with Gasteiger partial charge in [-0.05, 0) is 19.8 Å². The van der Waals surface area contributed by atoms with Gasteiger partial charge in [-0.15, -0.1) is 0 Å². The molecule has 0 radical (unpaired) electrons. The summed E-state index contributed by atoms with van der Waals surface area (Å²) in [5.41, 5.74) is 0.876. The number of aromatic nitrogens is 2. The van der Waals surface area contributed by atoms with E-state index in [4.69, 9.17) is 4.74 Å². The Morgan fingerprint density at radius 2 is 2.23 bits per heavy atom. The zero-order valence-electron chi connectivity index (χ0n) is 13.4. The smallest absolute Gasteiger partial charge is 0.211 e. The van der Waals surface area contributed by atoms with E-state index >= 15 is 0 Å². The molecule has 0 bridgehead atoms. The maximum atomic E-state index is 11.7. The minimum absolute atomic E-state index is 0.0475. The number of rotatable bonds is 6. The summed E-state index contributed by atoms with van der Waals surface area (Å²) in [5, 5.41) is 3.20. The fourth-order valence-electron chi connectivity index (χ4n) is 2.60. The standard InChI is InChI=1S/C14H24N4O3S/c1-11-9-13(15-6-8-21-2)17-14(16-11)12-5-4-7-18(10-12)22(3,19)20/h9,12H,4-8,10H2,1-3H3,(H,15,16,17)/t12-/m0/s1. The van der Waals surface area contributed by atoms with Crippen LogP contribution in [0.4, 0.5) is 5.82 Å². The van der Waals surface area contributed by atoms with Crippen molar-refractivity contribution >= 4 is 15.8 Å². The Morgan fingerprint density at radius 1 is 1.45 bits per heavy atom. The van der Waals surface area contributed by atoms with Crippen LogP contribution in [0.3, 0.4) is 0 Å². The molecule has 0 saturated carbocycles. The molecule has 1 aliphatic rings. The van der Waals surface area contributed by atoms with Gasteiger partial charge < -0.3 is 10.1 Å². The topological polar surface area (TPSA) is 84.4 Å². The van der Waals surface area contributed by atoms with Gasteiger partial charge in [0.25, 0.3) is 0 Å². The van der Waals surface area contributed by atoms with Crippen LogP contribution in [0.25, 0.3) is 0 Å². The summed E-state index contributed by atoms with van der Waals surface area (Å²) in [6, 6.07) is 1.89. The second-order valence-electron chi connectivity index (χ2n) is 5.63. The van der Waals surface area contributed by atoms with E-state index in [1.165, 1.54) is 10.6 Å². The third kappa shape index (κ3) is 4.62. The van der Waals surface area contributed by atoms with Crippen LogP contribution in [0.5, 0.6) is 0 Å². The Hall–Kier alpha value is -1.25. The van der Waals surface area contributed by atoms with E-state index in [0.29, 0.717) is 32.1 Å². The molecule has 2 heterocycles. The largest absolute Gasteiger partial charge is 0.383 e. The summed E-state index contributed by atoms with van der Waals surface area (Å²) in [6.45, 7) is 4.24. The predicted octanol–water partition coefficient (Wildman–Crippen LogP) is 0.982. The van der Waals surface area contributed by atoms with Crippen LogP contribution >= 0.6 is 0 Å². The average Bonchev–Trinajstić information content (AvgIpc) is 2.46. The molecule has 1 fully saturated rings. The highest BCUT2D eigenvalue weighted by Gasteiger charge is 2.28. The highest BCUT2D eigenvalue weighted by atomic mass is 32.2. The molecule has 124 valence electrons. The lowest BCUT2D eigenvalue weighted by molar-refractivity contribution is 0.210. The van der Waals surface area contributed by atoms with Crippen molar-refractivity contribution < 1.29 is 13.2 Å². The van der Waals surface area contributed by atoms with Gasteiger partial charge in [0.15, 0.2) is 0 Å². The van der Waals surface area contributed by atoms with Crippen molar-refractivity contribution in [1.29, 1.82) is 0 Å². The van der Waals surface area contributed by atoms with E-state index in [-0.39, 0.29) is 5.92 Å². The first-order valence-corrected chi connectivity index (χ1v) is 9.28. The fourth-order valence-corrected chi connectivity index (χ4v) is 3.51. The minimum atomic E-state index is -3.16. The van der Waals surface area contributed by atoms with Gasteiger partial charge in [0.1, 0.15) is 11.6 Å². The monoisotopic (exact) mass is 328 g/mol. The van der Waals surface area contributed by atoms with E-state index in [1.54, 1.807) is 7.11 Å². The molecule has 0 aromatic carbocycles. The first-order valence-electron chi connectivity index (χ1n) is 7.43. The van der Waals surface area contributed by atoms with Crippen molar-refractivity contribution in [2.45, 2.75) is 25.7 Å². The lowest BCUT2D eigenvalue weighted by atomic mass is 9.99. The maximum Gasteiger partial charge on any atom is 0.211 e. The Kier molecular flexibility index (Phi) is 5.71. The van der Waals surface area contributed by atoms with Crippen LogP contribution in [0, 0.1) is 6.92 Å². The summed E-state index contributed by atoms with van der Waals surface area (Å²) < 4.78 is 30.0. The summed E-state index contributed by atoms with van der Waals surface area (Å²) in [6.07, 6.45) is 3.00. The Bertz CT molecular complexity index is 606. The number of aryl methyl sites for hydroxylation is 1. The molecule has 1 atom stereocenters. The molecule has 0 unspecified atom stereocenters. The number of ether oxygens (including phenoxy) is 1. The number of hydrogen-bond donors (Lipinski definition) is 1. The molecule has 1 aliphatic heterocycles. The highest BCUT2D eigenvalue weighted by molar-refractivity contribution is 7.88. The highest BCUT2D eigenvalue weighted by Crippen LogP contribution is 2.26. The van der Waals surface area contributed by atoms with E-state index in [0.717, 1.165) is 24.4 Å². The molecule has 7 nitrogen and oxygen atoms in total. The second-order valence-corrected chi connectivity index (χ2v) is 7.61. The van der Waals surface area contributed by atoms with Crippen LogP contribution in [0.1, 0.15) is 30.3 Å². The van der Waals surface area contributed by atoms with Crippen LogP contribution in [0.15, 0.2) is 6.07 Å². The number of nitrogens with one attached hydrogen (secondary N) is 1. The Morgan fingerprint density at radius 3 is 2.91 bits per heavy atom. The number of anilines is 1. The van der Waals surface area contributed by atoms with Crippen molar-refractivity contribution in [3.8, 4) is 0 Å². The van der Waals surface area contributed by atoms with E-state index in [9.17, 15) is 8.42 Å². The average molecular weight is 328 g/mol. The van der Waals surface area contributed by atoms with Gasteiger partial charge in [0.2, 0.25) is 10.0 Å². The van der Waals surface area contributed by atoms with Gasteiger partial charge >= 0.3 is 0 Å². The fraction of sp³-hybridized carbons (Fsp3) is 0.714. The molecule has 1 N–H and O–H groups in total. The summed E-state index contributed by atoms with van der Waals surface area (Å²) in [5.74, 6) is 1.52. The van der Waals surface area contributed by atoms with Crippen molar-refractivity contribution in [2.75, 3.05) is 44.9 Å². The number of piperidine rings is 1. The minimum Gasteiger partial charge on any atom is -0.383 e. The number of methoxy groups -OCH3 is 1. The quantitative estimate of drug-likeness (QED) is 0.784. The normalized spacial score (nSPS) is 20.0. The van der Waals surface area contributed by atoms with Crippen molar-refractivity contribution in [2.24, 2.45) is 0 Å². The second kappa shape index (κ2) is 7.34. The van der Waals surface area contributed by atoms with E-state index in [2.05, 4.69) is 15.3 Å². The first-order chi connectivity index (χ1) is 10.4. The maximum absolute atomic E-state index is 11.7. The molecule has 1 aromatic heterocycles.